The average Bonchev–Trinajstić information content (AvgIpc) is 2.46. The highest BCUT2D eigenvalue weighted by Crippen LogP contribution is 2.12. The molecule has 0 bridgehead atoms. The van der Waals surface area contributed by atoms with Crippen molar-refractivity contribution in [2.45, 2.75) is 96.9 Å². The molecule has 0 amide bonds. The van der Waals surface area contributed by atoms with Crippen LogP contribution in [0.15, 0.2) is 0 Å². The van der Waals surface area contributed by atoms with Gasteiger partial charge in [-0.2, -0.15) is 0 Å². The summed E-state index contributed by atoms with van der Waals surface area (Å²) in [5, 5.41) is 0. The van der Waals surface area contributed by atoms with Gasteiger partial charge in [0.1, 0.15) is 0 Å². The Bertz CT molecular complexity index is 245. The first-order valence-electron chi connectivity index (χ1n) is 10.4. The fourth-order valence-corrected chi connectivity index (χ4v) is 3.35. The van der Waals surface area contributed by atoms with Crippen LogP contribution in [0, 0.1) is 0 Å². The molecule has 0 saturated heterocycles. The van der Waals surface area contributed by atoms with E-state index in [-0.39, 0.29) is 0 Å². The van der Waals surface area contributed by atoms with Gasteiger partial charge in [-0.25, -0.2) is 0 Å². The minimum absolute atomic E-state index is 0.683. The van der Waals surface area contributed by atoms with Gasteiger partial charge in [0.2, 0.25) is 0 Å². The Morgan fingerprint density at radius 3 is 1.48 bits per heavy atom. The van der Waals surface area contributed by atoms with E-state index in [2.05, 4.69) is 46.9 Å². The van der Waals surface area contributed by atoms with E-state index in [0.717, 1.165) is 4.48 Å². The van der Waals surface area contributed by atoms with Crippen molar-refractivity contribution >= 4 is 0 Å². The first-order chi connectivity index (χ1) is 10.9. The van der Waals surface area contributed by atoms with Crippen LogP contribution < -0.4 is 0 Å². The van der Waals surface area contributed by atoms with E-state index in [1.54, 1.807) is 0 Å². The molecular formula is C21H47N2+. The Kier molecular flexibility index (Phi) is 14.2. The number of unbranched alkanes of at least 4 members (excludes halogenated alkanes) is 11. The van der Waals surface area contributed by atoms with E-state index in [0.29, 0.717) is 6.04 Å². The lowest BCUT2D eigenvalue weighted by Gasteiger charge is -2.32. The fourth-order valence-electron chi connectivity index (χ4n) is 3.35. The number of nitrogens with zero attached hydrogens (tertiary/aromatic N) is 2. The molecular weight excluding hydrogens is 280 g/mol. The number of quaternary nitrogens is 1. The maximum atomic E-state index is 2.54. The predicted octanol–water partition coefficient (Wildman–Crippen LogP) is 5.71. The summed E-state index contributed by atoms with van der Waals surface area (Å²) in [6.07, 6.45) is 17.2. The molecule has 0 radical (unpaired) electrons. The van der Waals surface area contributed by atoms with Gasteiger partial charge in [-0.1, -0.05) is 77.6 Å². The zero-order valence-electron chi connectivity index (χ0n) is 17.4. The molecule has 0 saturated carbocycles. The minimum Gasteiger partial charge on any atom is -0.330 e. The first kappa shape index (κ1) is 22.9. The second-order valence-corrected chi connectivity index (χ2v) is 8.69. The molecule has 2 heteroatoms. The molecule has 0 aliphatic heterocycles. The van der Waals surface area contributed by atoms with Crippen LogP contribution in [-0.4, -0.2) is 56.7 Å². The number of rotatable bonds is 16. The van der Waals surface area contributed by atoms with Crippen LogP contribution in [0.1, 0.15) is 90.9 Å². The maximum Gasteiger partial charge on any atom is 0.0935 e. The Morgan fingerprint density at radius 1 is 0.696 bits per heavy atom. The maximum absolute atomic E-state index is 2.54. The first-order valence-corrected chi connectivity index (χ1v) is 10.4. The van der Waals surface area contributed by atoms with E-state index in [1.807, 2.05) is 0 Å². The van der Waals surface area contributed by atoms with Gasteiger partial charge in [0.25, 0.3) is 0 Å². The van der Waals surface area contributed by atoms with Gasteiger partial charge < -0.3 is 4.48 Å². The van der Waals surface area contributed by atoms with E-state index in [9.17, 15) is 0 Å². The van der Waals surface area contributed by atoms with Crippen molar-refractivity contribution in [3.63, 3.8) is 0 Å². The van der Waals surface area contributed by atoms with Crippen LogP contribution in [-0.2, 0) is 0 Å². The highest BCUT2D eigenvalue weighted by molar-refractivity contribution is 4.62. The quantitative estimate of drug-likeness (QED) is 0.259. The van der Waals surface area contributed by atoms with Gasteiger partial charge in [-0.3, -0.25) is 4.90 Å². The Hall–Kier alpha value is -0.0800. The predicted molar refractivity (Wildman–Crippen MR) is 106 cm³/mol. The summed E-state index contributed by atoms with van der Waals surface area (Å²) in [6.45, 7) is 7.15. The van der Waals surface area contributed by atoms with Gasteiger partial charge in [0.05, 0.1) is 33.7 Å². The molecule has 0 N–H and O–H groups in total. The van der Waals surface area contributed by atoms with E-state index in [4.69, 9.17) is 0 Å². The molecule has 0 aliphatic carbocycles. The third kappa shape index (κ3) is 16.6. The summed E-state index contributed by atoms with van der Waals surface area (Å²) in [7, 11) is 9.15. The molecule has 0 fully saturated rings. The largest absolute Gasteiger partial charge is 0.330 e. The molecule has 2 nitrogen and oxygen atoms in total. The van der Waals surface area contributed by atoms with Crippen molar-refractivity contribution < 1.29 is 4.48 Å². The van der Waals surface area contributed by atoms with Crippen LogP contribution in [0.3, 0.4) is 0 Å². The molecule has 1 unspecified atom stereocenters. The van der Waals surface area contributed by atoms with Gasteiger partial charge in [0, 0.05) is 0 Å². The van der Waals surface area contributed by atoms with Crippen molar-refractivity contribution in [2.24, 2.45) is 0 Å². The van der Waals surface area contributed by atoms with Gasteiger partial charge in [-0.15, -0.1) is 0 Å². The van der Waals surface area contributed by atoms with Crippen molar-refractivity contribution in [3.05, 3.63) is 0 Å². The summed E-state index contributed by atoms with van der Waals surface area (Å²) in [6, 6.07) is 0.683. The molecule has 0 aromatic heterocycles. The average molecular weight is 328 g/mol. The summed E-state index contributed by atoms with van der Waals surface area (Å²) >= 11 is 0. The molecule has 0 rings (SSSR count). The summed E-state index contributed by atoms with van der Waals surface area (Å²) in [5.41, 5.74) is 0. The van der Waals surface area contributed by atoms with Crippen molar-refractivity contribution in [3.8, 4) is 0 Å². The topological polar surface area (TPSA) is 3.24 Å². The van der Waals surface area contributed by atoms with Gasteiger partial charge in [-0.05, 0) is 26.9 Å². The zero-order chi connectivity index (χ0) is 17.6. The van der Waals surface area contributed by atoms with Crippen molar-refractivity contribution in [1.82, 2.24) is 4.90 Å². The van der Waals surface area contributed by atoms with Crippen molar-refractivity contribution in [1.29, 1.82) is 0 Å². The minimum atomic E-state index is 0.683. The van der Waals surface area contributed by atoms with Crippen LogP contribution in [0.25, 0.3) is 0 Å². The van der Waals surface area contributed by atoms with Crippen LogP contribution in [0.5, 0.6) is 0 Å². The van der Waals surface area contributed by atoms with Gasteiger partial charge >= 0.3 is 0 Å². The summed E-state index contributed by atoms with van der Waals surface area (Å²) in [5.74, 6) is 0. The molecule has 0 aliphatic rings. The fraction of sp³-hybridized carbons (Fsp3) is 1.00. The Labute approximate surface area is 148 Å². The molecule has 0 spiro atoms. The second kappa shape index (κ2) is 14.3. The van der Waals surface area contributed by atoms with Crippen molar-refractivity contribution in [2.75, 3.05) is 41.3 Å². The summed E-state index contributed by atoms with van der Waals surface area (Å²) < 4.78 is 1.06. The number of hydrogen-bond donors (Lipinski definition) is 0. The van der Waals surface area contributed by atoms with Crippen LogP contribution >= 0.6 is 0 Å². The lowest BCUT2D eigenvalue weighted by molar-refractivity contribution is -0.872. The lowest BCUT2D eigenvalue weighted by atomic mass is 10.1. The van der Waals surface area contributed by atoms with E-state index in [1.165, 1.54) is 90.1 Å². The van der Waals surface area contributed by atoms with E-state index < -0.39 is 0 Å². The molecule has 0 aromatic rings. The summed E-state index contributed by atoms with van der Waals surface area (Å²) in [4.78, 5) is 2.54. The standard InChI is InChI=1S/C21H47N2/c1-7-8-9-10-11-12-13-14-15-16-17-18-19-22(3)21(2)20-23(4,5)6/h21H,7-20H2,1-6H3/q+1. The third-order valence-corrected chi connectivity index (χ3v) is 4.93. The zero-order valence-corrected chi connectivity index (χ0v) is 17.4. The molecule has 1 atom stereocenters. The van der Waals surface area contributed by atoms with Crippen LogP contribution in [0.2, 0.25) is 0 Å². The smallest absolute Gasteiger partial charge is 0.0935 e. The highest BCUT2D eigenvalue weighted by Gasteiger charge is 2.17. The third-order valence-electron chi connectivity index (χ3n) is 4.93. The second-order valence-electron chi connectivity index (χ2n) is 8.69. The number of hydrogen-bond acceptors (Lipinski definition) is 1. The normalized spacial score (nSPS) is 13.7. The lowest BCUT2D eigenvalue weighted by Crippen LogP contribution is -2.46. The number of likely N-dealkylation sites (N-methyl/N-ethyl adjacent to an activating group) is 2. The highest BCUT2D eigenvalue weighted by atomic mass is 15.3. The van der Waals surface area contributed by atoms with Crippen LogP contribution in [0.4, 0.5) is 0 Å². The van der Waals surface area contributed by atoms with E-state index >= 15 is 0 Å². The monoisotopic (exact) mass is 327 g/mol. The molecule has 0 heterocycles. The molecule has 140 valence electrons. The SMILES string of the molecule is CCCCCCCCCCCCCCN(C)C(C)C[N+](C)(C)C. The Balaban J connectivity index is 3.32. The molecule has 23 heavy (non-hydrogen) atoms. The molecule has 0 aromatic carbocycles. The Morgan fingerprint density at radius 2 is 1.09 bits per heavy atom. The van der Waals surface area contributed by atoms with Gasteiger partial charge in [0.15, 0.2) is 0 Å².